The molecule has 1 aromatic rings. The molecule has 0 aromatic carbocycles. The minimum absolute atomic E-state index is 0.0550. The maximum Gasteiger partial charge on any atom is 0.328 e. The van der Waals surface area contributed by atoms with Crippen molar-refractivity contribution in [2.24, 2.45) is 0 Å². The van der Waals surface area contributed by atoms with Gasteiger partial charge < -0.3 is 15.8 Å². The second kappa shape index (κ2) is 5.80. The summed E-state index contributed by atoms with van der Waals surface area (Å²) in [5, 5.41) is 13.4. The van der Waals surface area contributed by atoms with E-state index >= 15 is 0 Å². The predicted octanol–water partition coefficient (Wildman–Crippen LogP) is 0.935. The molecule has 8 heteroatoms. The third-order valence-corrected chi connectivity index (χ3v) is 2.09. The number of aromatic nitrogens is 1. The summed E-state index contributed by atoms with van der Waals surface area (Å²) in [5.41, 5.74) is 5.20. The van der Waals surface area contributed by atoms with Gasteiger partial charge in [-0.1, -0.05) is 0 Å². The van der Waals surface area contributed by atoms with Crippen LogP contribution in [0.2, 0.25) is 0 Å². The number of pyridine rings is 1. The van der Waals surface area contributed by atoms with Gasteiger partial charge in [0, 0.05) is 6.07 Å². The molecule has 0 amide bonds. The molecular weight excluding hydrogens is 240 g/mol. The summed E-state index contributed by atoms with van der Waals surface area (Å²) < 4.78 is 4.78. The average molecular weight is 254 g/mol. The molecule has 0 spiro atoms. The van der Waals surface area contributed by atoms with E-state index < -0.39 is 16.9 Å². The molecule has 1 aromatic heterocycles. The number of esters is 1. The van der Waals surface area contributed by atoms with E-state index in [2.05, 4.69) is 10.3 Å². The fraction of sp³-hybridized carbons (Fsp3) is 0.400. The van der Waals surface area contributed by atoms with Crippen LogP contribution in [0.1, 0.15) is 13.8 Å². The van der Waals surface area contributed by atoms with Crippen LogP contribution >= 0.6 is 0 Å². The second-order valence-corrected chi connectivity index (χ2v) is 3.48. The van der Waals surface area contributed by atoms with E-state index in [4.69, 9.17) is 10.5 Å². The molecule has 0 fully saturated rings. The molecule has 0 aliphatic rings. The van der Waals surface area contributed by atoms with E-state index in [9.17, 15) is 14.9 Å². The summed E-state index contributed by atoms with van der Waals surface area (Å²) in [5.74, 6) is -0.448. The Balaban J connectivity index is 2.92. The van der Waals surface area contributed by atoms with Gasteiger partial charge in [0.05, 0.1) is 11.5 Å². The number of hydrogen-bond acceptors (Lipinski definition) is 7. The third-order valence-electron chi connectivity index (χ3n) is 2.09. The van der Waals surface area contributed by atoms with Crippen molar-refractivity contribution in [1.29, 1.82) is 0 Å². The van der Waals surface area contributed by atoms with Crippen molar-refractivity contribution in [3.63, 3.8) is 0 Å². The topological polar surface area (TPSA) is 120 Å². The van der Waals surface area contributed by atoms with E-state index in [1.165, 1.54) is 19.1 Å². The van der Waals surface area contributed by atoms with Gasteiger partial charge in [-0.15, -0.1) is 0 Å². The van der Waals surface area contributed by atoms with E-state index in [1.54, 1.807) is 6.92 Å². The number of hydrogen-bond donors (Lipinski definition) is 2. The van der Waals surface area contributed by atoms with Crippen LogP contribution in [-0.4, -0.2) is 28.5 Å². The molecule has 0 aliphatic carbocycles. The lowest BCUT2D eigenvalue weighted by atomic mass is 10.3. The molecule has 1 atom stereocenters. The first kappa shape index (κ1) is 13.7. The van der Waals surface area contributed by atoms with Crippen molar-refractivity contribution in [3.8, 4) is 0 Å². The molecule has 8 nitrogen and oxygen atoms in total. The highest BCUT2D eigenvalue weighted by atomic mass is 16.6. The Morgan fingerprint density at radius 2 is 2.33 bits per heavy atom. The minimum Gasteiger partial charge on any atom is -0.464 e. The Morgan fingerprint density at radius 1 is 1.67 bits per heavy atom. The molecule has 0 saturated carbocycles. The summed E-state index contributed by atoms with van der Waals surface area (Å²) in [7, 11) is 0. The molecule has 1 heterocycles. The number of ether oxygens (including phenoxy) is 1. The van der Waals surface area contributed by atoms with Crippen LogP contribution in [0, 0.1) is 10.1 Å². The number of nitrogen functional groups attached to an aromatic ring is 1. The van der Waals surface area contributed by atoms with Crippen molar-refractivity contribution in [2.45, 2.75) is 19.9 Å². The maximum absolute atomic E-state index is 11.4. The number of nitrogens with two attached hydrogens (primary N) is 1. The largest absolute Gasteiger partial charge is 0.464 e. The summed E-state index contributed by atoms with van der Waals surface area (Å²) in [4.78, 5) is 25.4. The van der Waals surface area contributed by atoms with Crippen LogP contribution in [0.15, 0.2) is 12.1 Å². The molecule has 0 aliphatic heterocycles. The van der Waals surface area contributed by atoms with Crippen molar-refractivity contribution < 1.29 is 14.5 Å². The summed E-state index contributed by atoms with van der Waals surface area (Å²) >= 11 is 0. The molecule has 0 bridgehead atoms. The Morgan fingerprint density at radius 3 is 2.89 bits per heavy atom. The zero-order chi connectivity index (χ0) is 13.7. The maximum atomic E-state index is 11.4. The van der Waals surface area contributed by atoms with Gasteiger partial charge in [0.25, 0.3) is 0 Å². The van der Waals surface area contributed by atoms with E-state index in [1.807, 2.05) is 0 Å². The van der Waals surface area contributed by atoms with Gasteiger partial charge in [0.1, 0.15) is 11.9 Å². The summed E-state index contributed by atoms with van der Waals surface area (Å²) in [6.07, 6.45) is 0. The second-order valence-electron chi connectivity index (χ2n) is 3.48. The fourth-order valence-corrected chi connectivity index (χ4v) is 1.25. The van der Waals surface area contributed by atoms with Crippen molar-refractivity contribution in [3.05, 3.63) is 22.2 Å². The predicted molar refractivity (Wildman–Crippen MR) is 65.0 cm³/mol. The molecule has 1 rings (SSSR count). The lowest BCUT2D eigenvalue weighted by molar-refractivity contribution is -0.384. The smallest absolute Gasteiger partial charge is 0.328 e. The van der Waals surface area contributed by atoms with Crippen LogP contribution in [-0.2, 0) is 9.53 Å². The summed E-state index contributed by atoms with van der Waals surface area (Å²) in [6.45, 7) is 3.43. The van der Waals surface area contributed by atoms with Crippen LogP contribution in [0.5, 0.6) is 0 Å². The van der Waals surface area contributed by atoms with Gasteiger partial charge in [-0.3, -0.25) is 10.1 Å². The normalized spacial score (nSPS) is 11.7. The minimum atomic E-state index is -0.752. The highest BCUT2D eigenvalue weighted by molar-refractivity contribution is 5.79. The van der Waals surface area contributed by atoms with E-state index in [0.29, 0.717) is 0 Å². The zero-order valence-electron chi connectivity index (χ0n) is 10.0. The highest BCUT2D eigenvalue weighted by Crippen LogP contribution is 2.23. The Hall–Kier alpha value is -2.38. The zero-order valence-corrected chi connectivity index (χ0v) is 10.0. The number of carbonyl (C=O) groups excluding carboxylic acids is 1. The SMILES string of the molecule is CCOC(=O)C(C)Nc1nc(N)ccc1[N+](=O)[O-]. The number of anilines is 2. The number of rotatable bonds is 5. The van der Waals surface area contributed by atoms with Crippen LogP contribution in [0.3, 0.4) is 0 Å². The van der Waals surface area contributed by atoms with Gasteiger partial charge in [0.2, 0.25) is 5.82 Å². The number of nitrogens with zero attached hydrogens (tertiary/aromatic N) is 2. The van der Waals surface area contributed by atoms with Gasteiger partial charge in [-0.05, 0) is 19.9 Å². The summed E-state index contributed by atoms with van der Waals surface area (Å²) in [6, 6.07) is 1.79. The first-order valence-corrected chi connectivity index (χ1v) is 5.29. The first-order chi connectivity index (χ1) is 8.45. The fourth-order valence-electron chi connectivity index (χ4n) is 1.25. The van der Waals surface area contributed by atoms with E-state index in [-0.39, 0.29) is 23.9 Å². The standard InChI is InChI=1S/C10H14N4O4/c1-3-18-10(15)6(2)12-9-7(14(16)17)4-5-8(11)13-9/h4-6H,3H2,1-2H3,(H3,11,12,13). The van der Waals surface area contributed by atoms with Crippen molar-refractivity contribution >= 4 is 23.3 Å². The van der Waals surface area contributed by atoms with Gasteiger partial charge in [-0.2, -0.15) is 0 Å². The van der Waals surface area contributed by atoms with Gasteiger partial charge in [-0.25, -0.2) is 9.78 Å². The first-order valence-electron chi connectivity index (χ1n) is 5.29. The molecule has 1 unspecified atom stereocenters. The highest BCUT2D eigenvalue weighted by Gasteiger charge is 2.21. The number of carbonyl (C=O) groups is 1. The van der Waals surface area contributed by atoms with Crippen molar-refractivity contribution in [1.82, 2.24) is 4.98 Å². The Labute approximate surface area is 103 Å². The van der Waals surface area contributed by atoms with Crippen LogP contribution in [0.25, 0.3) is 0 Å². The molecule has 0 radical (unpaired) electrons. The van der Waals surface area contributed by atoms with Crippen LogP contribution < -0.4 is 11.1 Å². The number of nitro groups is 1. The average Bonchev–Trinajstić information content (AvgIpc) is 2.28. The molecule has 0 saturated heterocycles. The van der Waals surface area contributed by atoms with Gasteiger partial charge in [0.15, 0.2) is 0 Å². The monoisotopic (exact) mass is 254 g/mol. The molecule has 3 N–H and O–H groups in total. The third kappa shape index (κ3) is 3.30. The molecular formula is C10H14N4O4. The molecule has 98 valence electrons. The van der Waals surface area contributed by atoms with Gasteiger partial charge >= 0.3 is 11.7 Å². The Bertz CT molecular complexity index is 463. The molecule has 18 heavy (non-hydrogen) atoms. The van der Waals surface area contributed by atoms with E-state index in [0.717, 1.165) is 0 Å². The lowest BCUT2D eigenvalue weighted by Crippen LogP contribution is -2.29. The number of nitrogens with one attached hydrogen (secondary N) is 1. The lowest BCUT2D eigenvalue weighted by Gasteiger charge is -2.13. The van der Waals surface area contributed by atoms with Crippen LogP contribution in [0.4, 0.5) is 17.3 Å². The Kier molecular flexibility index (Phi) is 4.41. The van der Waals surface area contributed by atoms with Crippen molar-refractivity contribution in [2.75, 3.05) is 17.7 Å². The quantitative estimate of drug-likeness (QED) is 0.455.